The van der Waals surface area contributed by atoms with E-state index in [1.807, 2.05) is 0 Å². The van der Waals surface area contributed by atoms with Crippen LogP contribution in [0.15, 0.2) is 30.3 Å². The Morgan fingerprint density at radius 1 is 1.27 bits per heavy atom. The lowest BCUT2D eigenvalue weighted by atomic mass is 10.1. The average molecular weight is 145 g/mol. The van der Waals surface area contributed by atoms with Crippen LogP contribution in [-0.2, 0) is 0 Å². The van der Waals surface area contributed by atoms with E-state index in [1.54, 1.807) is 0 Å². The SMILES string of the molecule is [CH2]CC=Cc1ccc(C)cc1. The minimum Gasteiger partial charge on any atom is -0.0839 e. The number of allylic oxidation sites excluding steroid dienone is 1. The lowest BCUT2D eigenvalue weighted by molar-refractivity contribution is 1.41. The monoisotopic (exact) mass is 145 g/mol. The van der Waals surface area contributed by atoms with Crippen LogP contribution in [0.2, 0.25) is 0 Å². The van der Waals surface area contributed by atoms with Gasteiger partial charge >= 0.3 is 0 Å². The van der Waals surface area contributed by atoms with E-state index in [1.165, 1.54) is 11.1 Å². The molecule has 0 aliphatic heterocycles. The third kappa shape index (κ3) is 2.58. The van der Waals surface area contributed by atoms with Crippen LogP contribution in [0.4, 0.5) is 0 Å². The van der Waals surface area contributed by atoms with Crippen molar-refractivity contribution in [1.82, 2.24) is 0 Å². The highest BCUT2D eigenvalue weighted by Crippen LogP contribution is 2.04. The molecule has 0 saturated carbocycles. The van der Waals surface area contributed by atoms with Crippen LogP contribution in [0.1, 0.15) is 17.5 Å². The highest BCUT2D eigenvalue weighted by Gasteiger charge is 1.84. The minimum atomic E-state index is 0.855. The van der Waals surface area contributed by atoms with Crippen LogP contribution in [0, 0.1) is 13.8 Å². The van der Waals surface area contributed by atoms with Crippen molar-refractivity contribution in [2.24, 2.45) is 0 Å². The van der Waals surface area contributed by atoms with Crippen molar-refractivity contribution >= 4 is 6.08 Å². The molecule has 11 heavy (non-hydrogen) atoms. The molecule has 1 aromatic rings. The van der Waals surface area contributed by atoms with Crippen LogP contribution in [0.25, 0.3) is 6.08 Å². The smallest absolute Gasteiger partial charge is 0.0260 e. The van der Waals surface area contributed by atoms with Crippen molar-refractivity contribution < 1.29 is 0 Å². The fourth-order valence-electron chi connectivity index (χ4n) is 0.897. The summed E-state index contributed by atoms with van der Waals surface area (Å²) in [4.78, 5) is 0. The Bertz CT molecular complexity index is 229. The topological polar surface area (TPSA) is 0 Å². The van der Waals surface area contributed by atoms with Crippen molar-refractivity contribution in [1.29, 1.82) is 0 Å². The van der Waals surface area contributed by atoms with Crippen molar-refractivity contribution in [3.05, 3.63) is 48.4 Å². The molecule has 1 rings (SSSR count). The van der Waals surface area contributed by atoms with Gasteiger partial charge in [-0.25, -0.2) is 0 Å². The van der Waals surface area contributed by atoms with Gasteiger partial charge in [-0.2, -0.15) is 0 Å². The number of hydrogen-bond donors (Lipinski definition) is 0. The van der Waals surface area contributed by atoms with Crippen LogP contribution in [0.5, 0.6) is 0 Å². The lowest BCUT2D eigenvalue weighted by Crippen LogP contribution is -1.72. The zero-order valence-electron chi connectivity index (χ0n) is 6.88. The Morgan fingerprint density at radius 3 is 2.45 bits per heavy atom. The second kappa shape index (κ2) is 3.97. The summed E-state index contributed by atoms with van der Waals surface area (Å²) in [5.41, 5.74) is 2.55. The van der Waals surface area contributed by atoms with E-state index >= 15 is 0 Å². The summed E-state index contributed by atoms with van der Waals surface area (Å²) in [5.74, 6) is 0. The normalized spacial score (nSPS) is 10.7. The molecule has 0 aliphatic rings. The van der Waals surface area contributed by atoms with Crippen LogP contribution < -0.4 is 0 Å². The van der Waals surface area contributed by atoms with Gasteiger partial charge in [-0.1, -0.05) is 42.0 Å². The molecule has 0 N–H and O–H groups in total. The summed E-state index contributed by atoms with van der Waals surface area (Å²) in [6.07, 6.45) is 5.00. The molecule has 1 aromatic carbocycles. The maximum atomic E-state index is 3.73. The maximum Gasteiger partial charge on any atom is -0.0260 e. The molecule has 0 heterocycles. The molecule has 0 unspecified atom stereocenters. The molecule has 0 heteroatoms. The first-order chi connectivity index (χ1) is 5.33. The zero-order valence-corrected chi connectivity index (χ0v) is 6.88. The Kier molecular flexibility index (Phi) is 2.91. The maximum absolute atomic E-state index is 3.73. The molecule has 0 aliphatic carbocycles. The van der Waals surface area contributed by atoms with E-state index in [0.29, 0.717) is 0 Å². The highest BCUT2D eigenvalue weighted by molar-refractivity contribution is 5.49. The van der Waals surface area contributed by atoms with Crippen molar-refractivity contribution in [2.75, 3.05) is 0 Å². The first kappa shape index (κ1) is 8.06. The molecule has 0 aromatic heterocycles. The molecular formula is C11H13. The molecule has 0 fully saturated rings. The van der Waals surface area contributed by atoms with E-state index in [2.05, 4.69) is 50.3 Å². The molecule has 0 amide bonds. The van der Waals surface area contributed by atoms with E-state index in [-0.39, 0.29) is 0 Å². The van der Waals surface area contributed by atoms with Gasteiger partial charge in [0, 0.05) is 0 Å². The second-order valence-electron chi connectivity index (χ2n) is 2.60. The number of rotatable bonds is 2. The quantitative estimate of drug-likeness (QED) is 0.599. The third-order valence-electron chi connectivity index (χ3n) is 1.55. The van der Waals surface area contributed by atoms with Gasteiger partial charge in [0.25, 0.3) is 0 Å². The van der Waals surface area contributed by atoms with Crippen molar-refractivity contribution in [2.45, 2.75) is 13.3 Å². The van der Waals surface area contributed by atoms with Crippen LogP contribution in [0.3, 0.4) is 0 Å². The van der Waals surface area contributed by atoms with Crippen molar-refractivity contribution in [3.63, 3.8) is 0 Å². The first-order valence-electron chi connectivity index (χ1n) is 3.85. The highest BCUT2D eigenvalue weighted by atomic mass is 13.9. The van der Waals surface area contributed by atoms with E-state index < -0.39 is 0 Å². The average Bonchev–Trinajstić information content (AvgIpc) is 2.04. The number of aryl methyl sites for hydroxylation is 1. The van der Waals surface area contributed by atoms with E-state index in [9.17, 15) is 0 Å². The fourth-order valence-corrected chi connectivity index (χ4v) is 0.897. The summed E-state index contributed by atoms with van der Waals surface area (Å²) in [7, 11) is 0. The van der Waals surface area contributed by atoms with Gasteiger partial charge in [0.15, 0.2) is 0 Å². The van der Waals surface area contributed by atoms with Gasteiger partial charge in [0.1, 0.15) is 0 Å². The molecule has 0 saturated heterocycles. The third-order valence-corrected chi connectivity index (χ3v) is 1.55. The van der Waals surface area contributed by atoms with Gasteiger partial charge in [0.05, 0.1) is 0 Å². The summed E-state index contributed by atoms with van der Waals surface area (Å²) < 4.78 is 0. The zero-order chi connectivity index (χ0) is 8.10. The summed E-state index contributed by atoms with van der Waals surface area (Å²) in [6.45, 7) is 5.82. The predicted octanol–water partition coefficient (Wildman–Crippen LogP) is 3.23. The van der Waals surface area contributed by atoms with E-state index in [0.717, 1.165) is 6.42 Å². The Morgan fingerprint density at radius 2 is 1.91 bits per heavy atom. The van der Waals surface area contributed by atoms with Gasteiger partial charge in [0.2, 0.25) is 0 Å². The molecular weight excluding hydrogens is 132 g/mol. The largest absolute Gasteiger partial charge is 0.0839 e. The molecule has 0 bridgehead atoms. The summed E-state index contributed by atoms with van der Waals surface area (Å²) >= 11 is 0. The summed E-state index contributed by atoms with van der Waals surface area (Å²) in [5, 5.41) is 0. The number of hydrogen-bond acceptors (Lipinski definition) is 0. The summed E-state index contributed by atoms with van der Waals surface area (Å²) in [6, 6.07) is 8.45. The Labute approximate surface area is 68.6 Å². The van der Waals surface area contributed by atoms with Gasteiger partial charge in [-0.3, -0.25) is 0 Å². The van der Waals surface area contributed by atoms with Gasteiger partial charge in [-0.05, 0) is 25.8 Å². The number of benzene rings is 1. The standard InChI is InChI=1S/C11H13/c1-3-4-5-11-8-6-10(2)7-9-11/h4-9H,1,3H2,2H3. The van der Waals surface area contributed by atoms with Crippen molar-refractivity contribution in [3.8, 4) is 0 Å². The minimum absolute atomic E-state index is 0.855. The molecule has 57 valence electrons. The molecule has 0 nitrogen and oxygen atoms in total. The Hall–Kier alpha value is -1.04. The lowest BCUT2D eigenvalue weighted by Gasteiger charge is -1.93. The second-order valence-corrected chi connectivity index (χ2v) is 2.60. The first-order valence-corrected chi connectivity index (χ1v) is 3.85. The molecule has 0 atom stereocenters. The van der Waals surface area contributed by atoms with Gasteiger partial charge < -0.3 is 0 Å². The van der Waals surface area contributed by atoms with Crippen LogP contribution >= 0.6 is 0 Å². The Balaban J connectivity index is 2.73. The fraction of sp³-hybridized carbons (Fsp3) is 0.182. The predicted molar refractivity (Wildman–Crippen MR) is 50.2 cm³/mol. The molecule has 0 spiro atoms. The van der Waals surface area contributed by atoms with Crippen LogP contribution in [-0.4, -0.2) is 0 Å². The molecule has 1 radical (unpaired) electrons. The van der Waals surface area contributed by atoms with Gasteiger partial charge in [-0.15, -0.1) is 0 Å². The van der Waals surface area contributed by atoms with E-state index in [4.69, 9.17) is 0 Å².